The van der Waals surface area contributed by atoms with Crippen molar-refractivity contribution in [3.05, 3.63) is 76.8 Å². The van der Waals surface area contributed by atoms with Gasteiger partial charge in [-0.1, -0.05) is 35.9 Å². The van der Waals surface area contributed by atoms with E-state index in [1.165, 1.54) is 23.0 Å². The topological polar surface area (TPSA) is 68.3 Å². The molecule has 2 aromatic carbocycles. The molecule has 148 valence electrons. The Morgan fingerprint density at radius 3 is 2.69 bits per heavy atom. The van der Waals surface area contributed by atoms with E-state index >= 15 is 0 Å². The summed E-state index contributed by atoms with van der Waals surface area (Å²) in [5, 5.41) is 5.70. The molecule has 5 nitrogen and oxygen atoms in total. The number of ether oxygens (including phenoxy) is 1. The van der Waals surface area contributed by atoms with Crippen LogP contribution in [0.1, 0.15) is 23.7 Å². The maximum absolute atomic E-state index is 12.3. The highest BCUT2D eigenvalue weighted by atomic mass is 32.1. The third-order valence-corrected chi connectivity index (χ3v) is 4.99. The summed E-state index contributed by atoms with van der Waals surface area (Å²) in [5.74, 6) is -0.501. The molecule has 1 N–H and O–H groups in total. The normalized spacial score (nSPS) is 10.8. The molecule has 0 unspecified atom stereocenters. The Morgan fingerprint density at radius 1 is 1.17 bits per heavy atom. The van der Waals surface area contributed by atoms with E-state index in [4.69, 9.17) is 4.74 Å². The number of carbonyl (C=O) groups is 2. The van der Waals surface area contributed by atoms with Crippen LogP contribution in [0.4, 0.5) is 5.69 Å². The number of aromatic nitrogens is 1. The molecule has 6 heteroatoms. The predicted molar refractivity (Wildman–Crippen MR) is 117 cm³/mol. The molecule has 1 aromatic heterocycles. The fourth-order valence-corrected chi connectivity index (χ4v) is 3.52. The van der Waals surface area contributed by atoms with Crippen molar-refractivity contribution >= 4 is 35.0 Å². The molecule has 0 spiro atoms. The van der Waals surface area contributed by atoms with E-state index < -0.39 is 0 Å². The molecule has 0 saturated carbocycles. The van der Waals surface area contributed by atoms with Gasteiger partial charge in [-0.25, -0.2) is 9.78 Å². The summed E-state index contributed by atoms with van der Waals surface area (Å²) in [5.41, 5.74) is 4.53. The number of hydrogen-bond donors (Lipinski definition) is 1. The number of benzene rings is 2. The summed E-state index contributed by atoms with van der Waals surface area (Å²) in [4.78, 5) is 28.3. The van der Waals surface area contributed by atoms with Crippen LogP contribution in [-0.4, -0.2) is 23.5 Å². The highest BCUT2D eigenvalue weighted by molar-refractivity contribution is 7.13. The maximum Gasteiger partial charge on any atom is 0.330 e. The lowest BCUT2D eigenvalue weighted by Gasteiger charge is -2.04. The number of rotatable bonds is 7. The van der Waals surface area contributed by atoms with Crippen molar-refractivity contribution in [1.29, 1.82) is 0 Å². The number of nitrogens with one attached hydrogen (secondary N) is 1. The van der Waals surface area contributed by atoms with E-state index in [2.05, 4.69) is 16.4 Å². The zero-order valence-electron chi connectivity index (χ0n) is 16.3. The number of amides is 1. The van der Waals surface area contributed by atoms with Crippen LogP contribution in [0, 0.1) is 6.92 Å². The minimum Gasteiger partial charge on any atom is -0.463 e. The first-order valence-electron chi connectivity index (χ1n) is 9.29. The van der Waals surface area contributed by atoms with Crippen molar-refractivity contribution in [2.24, 2.45) is 0 Å². The van der Waals surface area contributed by atoms with Crippen LogP contribution < -0.4 is 5.32 Å². The lowest BCUT2D eigenvalue weighted by molar-refractivity contribution is -0.137. The molecule has 3 aromatic rings. The Balaban J connectivity index is 1.56. The fraction of sp³-hybridized carbons (Fsp3) is 0.174. The summed E-state index contributed by atoms with van der Waals surface area (Å²) >= 11 is 1.54. The molecule has 0 aliphatic rings. The molecule has 0 fully saturated rings. The van der Waals surface area contributed by atoms with Gasteiger partial charge < -0.3 is 10.1 Å². The number of carbonyl (C=O) groups excluding carboxylic acids is 2. The molecule has 0 saturated heterocycles. The Morgan fingerprint density at radius 2 is 1.97 bits per heavy atom. The van der Waals surface area contributed by atoms with Gasteiger partial charge in [0, 0.05) is 22.7 Å². The molecule has 0 bridgehead atoms. The van der Waals surface area contributed by atoms with E-state index in [1.807, 2.05) is 42.6 Å². The smallest absolute Gasteiger partial charge is 0.330 e. The molecule has 3 rings (SSSR count). The van der Waals surface area contributed by atoms with E-state index in [9.17, 15) is 9.59 Å². The van der Waals surface area contributed by atoms with Crippen LogP contribution in [0.15, 0.2) is 60.0 Å². The Hall–Kier alpha value is -3.25. The maximum atomic E-state index is 12.3. The van der Waals surface area contributed by atoms with Crippen molar-refractivity contribution in [2.45, 2.75) is 20.3 Å². The number of nitrogens with zero attached hydrogens (tertiary/aromatic N) is 1. The van der Waals surface area contributed by atoms with E-state index in [0.717, 1.165) is 21.8 Å². The Labute approximate surface area is 174 Å². The lowest BCUT2D eigenvalue weighted by atomic mass is 10.1. The molecule has 0 radical (unpaired) electrons. The van der Waals surface area contributed by atoms with Crippen molar-refractivity contribution in [1.82, 2.24) is 4.98 Å². The number of esters is 1. The van der Waals surface area contributed by atoms with Gasteiger partial charge in [-0.3, -0.25) is 4.79 Å². The molecular weight excluding hydrogens is 384 g/mol. The highest BCUT2D eigenvalue weighted by Gasteiger charge is 2.09. The molecule has 1 heterocycles. The number of hydrogen-bond acceptors (Lipinski definition) is 5. The van der Waals surface area contributed by atoms with Gasteiger partial charge in [-0.15, -0.1) is 11.3 Å². The zero-order chi connectivity index (χ0) is 20.6. The van der Waals surface area contributed by atoms with Gasteiger partial charge in [0.05, 0.1) is 18.7 Å². The second kappa shape index (κ2) is 9.80. The quantitative estimate of drug-likeness (QED) is 0.449. The van der Waals surface area contributed by atoms with E-state index in [-0.39, 0.29) is 18.3 Å². The summed E-state index contributed by atoms with van der Waals surface area (Å²) in [6.45, 7) is 4.15. The van der Waals surface area contributed by atoms with Gasteiger partial charge in [-0.2, -0.15) is 0 Å². The standard InChI is InChI=1S/C23H22N2O3S/c1-3-28-22(27)12-9-17-7-10-19(11-8-17)24-21(26)14-20-15-29-23(25-20)18-6-4-5-16(2)13-18/h4-13,15H,3,14H2,1-2H3,(H,24,26)/b12-9+. The first kappa shape index (κ1) is 20.5. The minimum atomic E-state index is -0.377. The third-order valence-electron chi connectivity index (χ3n) is 4.05. The van der Waals surface area contributed by atoms with Gasteiger partial charge in [0.25, 0.3) is 0 Å². The van der Waals surface area contributed by atoms with Gasteiger partial charge in [-0.05, 0) is 43.7 Å². The van der Waals surface area contributed by atoms with Gasteiger partial charge in [0.2, 0.25) is 5.91 Å². The Kier molecular flexibility index (Phi) is 6.92. The van der Waals surface area contributed by atoms with Crippen LogP contribution in [-0.2, 0) is 20.7 Å². The van der Waals surface area contributed by atoms with Crippen LogP contribution in [0.5, 0.6) is 0 Å². The monoisotopic (exact) mass is 406 g/mol. The zero-order valence-corrected chi connectivity index (χ0v) is 17.2. The molecule has 0 aliphatic heterocycles. The van der Waals surface area contributed by atoms with Crippen LogP contribution in [0.3, 0.4) is 0 Å². The second-order valence-electron chi connectivity index (χ2n) is 6.45. The predicted octanol–water partition coefficient (Wildman–Crippen LogP) is 4.88. The number of anilines is 1. The summed E-state index contributed by atoms with van der Waals surface area (Å²) in [7, 11) is 0. The average Bonchev–Trinajstić information content (AvgIpc) is 3.16. The van der Waals surface area contributed by atoms with Crippen molar-refractivity contribution in [3.63, 3.8) is 0 Å². The first-order valence-corrected chi connectivity index (χ1v) is 10.2. The number of thiazole rings is 1. The van der Waals surface area contributed by atoms with E-state index in [1.54, 1.807) is 25.1 Å². The van der Waals surface area contributed by atoms with Crippen LogP contribution in [0.2, 0.25) is 0 Å². The SMILES string of the molecule is CCOC(=O)/C=C/c1ccc(NC(=O)Cc2csc(-c3cccc(C)c3)n2)cc1. The van der Waals surface area contributed by atoms with Gasteiger partial charge in [0.1, 0.15) is 5.01 Å². The largest absolute Gasteiger partial charge is 0.463 e. The van der Waals surface area contributed by atoms with E-state index in [0.29, 0.717) is 12.3 Å². The molecule has 29 heavy (non-hydrogen) atoms. The van der Waals surface area contributed by atoms with Gasteiger partial charge in [0.15, 0.2) is 0 Å². The van der Waals surface area contributed by atoms with Crippen molar-refractivity contribution in [3.8, 4) is 10.6 Å². The average molecular weight is 407 g/mol. The first-order chi connectivity index (χ1) is 14.0. The molecule has 1 amide bonds. The Bertz CT molecular complexity index is 1020. The third kappa shape index (κ3) is 6.12. The molecule has 0 atom stereocenters. The summed E-state index contributed by atoms with van der Waals surface area (Å²) in [6, 6.07) is 15.4. The molecule has 0 aliphatic carbocycles. The lowest BCUT2D eigenvalue weighted by Crippen LogP contribution is -2.14. The van der Waals surface area contributed by atoms with Crippen LogP contribution in [0.25, 0.3) is 16.6 Å². The minimum absolute atomic E-state index is 0.124. The molecular formula is C23H22N2O3S. The van der Waals surface area contributed by atoms with Crippen LogP contribution >= 0.6 is 11.3 Å². The highest BCUT2D eigenvalue weighted by Crippen LogP contribution is 2.24. The van der Waals surface area contributed by atoms with Crippen molar-refractivity contribution in [2.75, 3.05) is 11.9 Å². The van der Waals surface area contributed by atoms with Crippen molar-refractivity contribution < 1.29 is 14.3 Å². The van der Waals surface area contributed by atoms with Gasteiger partial charge >= 0.3 is 5.97 Å². The second-order valence-corrected chi connectivity index (χ2v) is 7.30. The number of aryl methyl sites for hydroxylation is 1. The fourth-order valence-electron chi connectivity index (χ4n) is 2.70. The summed E-state index contributed by atoms with van der Waals surface area (Å²) < 4.78 is 4.84. The summed E-state index contributed by atoms with van der Waals surface area (Å²) in [6.07, 6.45) is 3.27.